The van der Waals surface area contributed by atoms with Crippen molar-refractivity contribution in [3.8, 4) is 0 Å². The molecule has 22 heavy (non-hydrogen) atoms. The molecule has 118 valence electrons. The molecule has 0 radical (unpaired) electrons. The first kappa shape index (κ1) is 16.1. The first-order chi connectivity index (χ1) is 10.7. The smallest absolute Gasteiger partial charge is 0.318 e. The minimum absolute atomic E-state index is 0.128. The number of aryl methyl sites for hydroxylation is 1. The molecule has 1 N–H and O–H groups in total. The summed E-state index contributed by atoms with van der Waals surface area (Å²) < 4.78 is 10.4. The zero-order valence-electron chi connectivity index (χ0n) is 13.0. The Kier molecular flexibility index (Phi) is 6.03. The quantitative estimate of drug-likeness (QED) is 0.855. The van der Waals surface area contributed by atoms with Crippen molar-refractivity contribution in [1.82, 2.24) is 10.2 Å². The summed E-state index contributed by atoms with van der Waals surface area (Å²) in [6.45, 7) is 3.96. The van der Waals surface area contributed by atoms with Crippen LogP contribution in [-0.4, -0.2) is 31.2 Å². The number of hydrogen-bond acceptors (Lipinski definition) is 3. The molecule has 0 unspecified atom stereocenters. The number of ether oxygens (including phenoxy) is 1. The van der Waals surface area contributed by atoms with Gasteiger partial charge in [-0.15, -0.1) is 0 Å². The molecule has 0 aliphatic rings. The van der Waals surface area contributed by atoms with Crippen molar-refractivity contribution in [2.24, 2.45) is 0 Å². The van der Waals surface area contributed by atoms with Gasteiger partial charge in [0.15, 0.2) is 0 Å². The molecule has 0 aliphatic carbocycles. The van der Waals surface area contributed by atoms with Crippen molar-refractivity contribution in [3.63, 3.8) is 0 Å². The molecular formula is C17H22N2O3. The summed E-state index contributed by atoms with van der Waals surface area (Å²) in [5.41, 5.74) is 2.28. The number of nitrogens with zero attached hydrogens (tertiary/aromatic N) is 1. The maximum Gasteiger partial charge on any atom is 0.318 e. The van der Waals surface area contributed by atoms with Gasteiger partial charge in [-0.3, -0.25) is 0 Å². The van der Waals surface area contributed by atoms with E-state index in [2.05, 4.69) is 5.32 Å². The Hall–Kier alpha value is -2.27. The first-order valence-electron chi connectivity index (χ1n) is 7.29. The van der Waals surface area contributed by atoms with Crippen molar-refractivity contribution >= 4 is 6.03 Å². The first-order valence-corrected chi connectivity index (χ1v) is 7.29. The summed E-state index contributed by atoms with van der Waals surface area (Å²) in [6.07, 6.45) is 1.61. The van der Waals surface area contributed by atoms with Crippen LogP contribution in [0.5, 0.6) is 0 Å². The van der Waals surface area contributed by atoms with E-state index in [1.807, 2.05) is 43.3 Å². The van der Waals surface area contributed by atoms with Gasteiger partial charge in [-0.25, -0.2) is 4.79 Å². The van der Waals surface area contributed by atoms with E-state index in [9.17, 15) is 4.79 Å². The Labute approximate surface area is 130 Å². The molecule has 5 heteroatoms. The Morgan fingerprint density at radius 2 is 2.09 bits per heavy atom. The van der Waals surface area contributed by atoms with Gasteiger partial charge >= 0.3 is 6.03 Å². The van der Waals surface area contributed by atoms with E-state index < -0.39 is 0 Å². The van der Waals surface area contributed by atoms with Gasteiger partial charge in [0.05, 0.1) is 19.4 Å². The zero-order chi connectivity index (χ0) is 15.8. The lowest BCUT2D eigenvalue weighted by Crippen LogP contribution is -2.40. The molecule has 0 bridgehead atoms. The molecule has 1 aromatic heterocycles. The highest BCUT2D eigenvalue weighted by molar-refractivity contribution is 5.74. The summed E-state index contributed by atoms with van der Waals surface area (Å²) in [5.74, 6) is 0.752. The molecule has 0 saturated heterocycles. The molecule has 0 fully saturated rings. The molecule has 2 rings (SSSR count). The number of benzene rings is 1. The Morgan fingerprint density at radius 1 is 1.27 bits per heavy atom. The number of nitrogens with one attached hydrogen (secondary N) is 1. The van der Waals surface area contributed by atoms with Crippen LogP contribution in [0.4, 0.5) is 4.79 Å². The van der Waals surface area contributed by atoms with Crippen molar-refractivity contribution in [2.75, 3.05) is 20.3 Å². The topological polar surface area (TPSA) is 54.7 Å². The third-order valence-corrected chi connectivity index (χ3v) is 3.47. The predicted molar refractivity (Wildman–Crippen MR) is 84.4 cm³/mol. The summed E-state index contributed by atoms with van der Waals surface area (Å²) >= 11 is 0. The molecule has 1 heterocycles. The maximum absolute atomic E-state index is 12.4. The van der Waals surface area contributed by atoms with Crippen molar-refractivity contribution < 1.29 is 13.9 Å². The van der Waals surface area contributed by atoms with E-state index in [0.717, 1.165) is 16.9 Å². The van der Waals surface area contributed by atoms with E-state index in [1.54, 1.807) is 18.3 Å². The van der Waals surface area contributed by atoms with Crippen LogP contribution in [0, 0.1) is 6.92 Å². The van der Waals surface area contributed by atoms with Crippen LogP contribution in [0.25, 0.3) is 0 Å². The van der Waals surface area contributed by atoms with E-state index in [-0.39, 0.29) is 6.03 Å². The number of carbonyl (C=O) groups is 1. The van der Waals surface area contributed by atoms with Crippen LogP contribution in [0.2, 0.25) is 0 Å². The number of hydrogen-bond donors (Lipinski definition) is 1. The highest BCUT2D eigenvalue weighted by Gasteiger charge is 2.15. The third-order valence-electron chi connectivity index (χ3n) is 3.47. The number of carbonyl (C=O) groups excluding carboxylic acids is 1. The third kappa shape index (κ3) is 4.63. The van der Waals surface area contributed by atoms with Crippen LogP contribution < -0.4 is 5.32 Å². The average Bonchev–Trinajstić information content (AvgIpc) is 3.03. The Bertz CT molecular complexity index is 581. The molecule has 2 aromatic rings. The second-order valence-electron chi connectivity index (χ2n) is 5.08. The number of methoxy groups -OCH3 is 1. The van der Waals surface area contributed by atoms with Crippen molar-refractivity contribution in [1.29, 1.82) is 0 Å². The van der Waals surface area contributed by atoms with E-state index in [4.69, 9.17) is 9.15 Å². The van der Waals surface area contributed by atoms with E-state index >= 15 is 0 Å². The molecule has 0 aliphatic heterocycles. The molecule has 2 amide bonds. The van der Waals surface area contributed by atoms with Crippen LogP contribution in [0.1, 0.15) is 16.9 Å². The van der Waals surface area contributed by atoms with Crippen LogP contribution >= 0.6 is 0 Å². The monoisotopic (exact) mass is 302 g/mol. The van der Waals surface area contributed by atoms with E-state index in [1.165, 1.54) is 0 Å². The minimum atomic E-state index is -0.128. The number of furan rings is 1. The largest absolute Gasteiger partial charge is 0.467 e. The van der Waals surface area contributed by atoms with Crippen molar-refractivity contribution in [2.45, 2.75) is 20.0 Å². The van der Waals surface area contributed by atoms with Gasteiger partial charge in [0.2, 0.25) is 0 Å². The Morgan fingerprint density at radius 3 is 2.77 bits per heavy atom. The molecule has 0 saturated carbocycles. The number of urea groups is 1. The summed E-state index contributed by atoms with van der Waals surface area (Å²) in [6, 6.07) is 11.6. The van der Waals surface area contributed by atoms with Gasteiger partial charge in [0, 0.05) is 20.2 Å². The Balaban J connectivity index is 1.94. The SMILES string of the molecule is COCCN(Cc1ccco1)C(=O)NCc1ccccc1C. The van der Waals surface area contributed by atoms with Crippen molar-refractivity contribution in [3.05, 3.63) is 59.5 Å². The van der Waals surface area contributed by atoms with Gasteiger partial charge in [0.1, 0.15) is 5.76 Å². The fraction of sp³-hybridized carbons (Fsp3) is 0.353. The lowest BCUT2D eigenvalue weighted by atomic mass is 10.1. The minimum Gasteiger partial charge on any atom is -0.467 e. The van der Waals surface area contributed by atoms with E-state index in [0.29, 0.717) is 26.2 Å². The number of amides is 2. The fourth-order valence-corrected chi connectivity index (χ4v) is 2.14. The van der Waals surface area contributed by atoms with Gasteiger partial charge in [-0.05, 0) is 30.2 Å². The standard InChI is InChI=1S/C17H22N2O3/c1-14-6-3-4-7-15(14)12-18-17(20)19(9-11-21-2)13-16-8-5-10-22-16/h3-8,10H,9,11-13H2,1-2H3,(H,18,20). The summed E-state index contributed by atoms with van der Waals surface area (Å²) in [7, 11) is 1.62. The molecule has 0 spiro atoms. The van der Waals surface area contributed by atoms with Gasteiger partial charge in [-0.2, -0.15) is 0 Å². The fourth-order valence-electron chi connectivity index (χ4n) is 2.14. The average molecular weight is 302 g/mol. The van der Waals surface area contributed by atoms with Crippen LogP contribution in [0.3, 0.4) is 0 Å². The normalized spacial score (nSPS) is 10.5. The van der Waals surface area contributed by atoms with Crippen LogP contribution in [-0.2, 0) is 17.8 Å². The predicted octanol–water partition coefficient (Wildman–Crippen LogP) is 2.95. The molecule has 5 nitrogen and oxygen atoms in total. The van der Waals surface area contributed by atoms with Gasteiger partial charge < -0.3 is 19.4 Å². The second kappa shape index (κ2) is 8.24. The van der Waals surface area contributed by atoms with Gasteiger partial charge in [0.25, 0.3) is 0 Å². The zero-order valence-corrected chi connectivity index (χ0v) is 13.0. The highest BCUT2D eigenvalue weighted by Crippen LogP contribution is 2.08. The van der Waals surface area contributed by atoms with Gasteiger partial charge in [-0.1, -0.05) is 24.3 Å². The summed E-state index contributed by atoms with van der Waals surface area (Å²) in [5, 5.41) is 2.95. The molecular weight excluding hydrogens is 280 g/mol. The highest BCUT2D eigenvalue weighted by atomic mass is 16.5. The lowest BCUT2D eigenvalue weighted by molar-refractivity contribution is 0.142. The molecule has 1 aromatic carbocycles. The number of rotatable bonds is 7. The summed E-state index contributed by atoms with van der Waals surface area (Å²) in [4.78, 5) is 14.1. The maximum atomic E-state index is 12.4. The second-order valence-corrected chi connectivity index (χ2v) is 5.08. The molecule has 0 atom stereocenters. The van der Waals surface area contributed by atoms with Crippen LogP contribution in [0.15, 0.2) is 47.1 Å². The lowest BCUT2D eigenvalue weighted by Gasteiger charge is -2.22.